The Labute approximate surface area is 595 Å². The van der Waals surface area contributed by atoms with Crippen molar-refractivity contribution in [1.82, 2.24) is 26.8 Å². The molecule has 16 nitrogen and oxygen atoms in total. The van der Waals surface area contributed by atoms with Crippen molar-refractivity contribution in [2.75, 3.05) is 47.6 Å². The van der Waals surface area contributed by atoms with Crippen LogP contribution in [0.4, 0.5) is 17.1 Å². The molecule has 100 heavy (non-hydrogen) atoms. The standard InChI is InChI=1S/C28H23N3O2S.C27H25N3O3S.C25H24N2O3S.CH4/c1-33-22-14-11-20(12-15-22)27-23-9-5-6-10-25(23)34-26-16-13-21(17-24(26)30-27)28(32)31-29-18-19-7-3-2-4-8-19;1-33-19-12-9-17(10-13-19)25-20-6-2-3-8-23(20)34-24-14-11-18(16-22(24)29-25)26(31)30-21-7-4-5-15-28-27(21)32;1-3-30-15-14-26-25(28)18-10-13-23-21(16-18)27-24(17-8-11-19(29-2)12-9-17)20-6-4-5-7-22(20)31-23;/h2-17,29H,18H2,1H3,(H,31,32);2-3,6,8-14,16,21H,4-5,7,15H2,1H3,(H,28,32)(H,30,31);4-13,16H,3,14-15H2,1-2H3,(H,26,28);1H4. The monoisotopic (exact) mass is 1380 g/mol. The molecule has 1 unspecified atom stereocenters. The van der Waals surface area contributed by atoms with E-state index >= 15 is 0 Å². The zero-order valence-corrected chi connectivity index (χ0v) is 57.5. The molecular weight excluding hydrogens is 1310 g/mol. The second kappa shape index (κ2) is 34.3. The van der Waals surface area contributed by atoms with Crippen LogP contribution in [0.15, 0.2) is 275 Å². The van der Waals surface area contributed by atoms with Crippen molar-refractivity contribution in [3.8, 4) is 17.2 Å². The average Bonchev–Trinajstić information content (AvgIpc) is 1.65. The highest BCUT2D eigenvalue weighted by Crippen LogP contribution is 2.45. The third-order valence-electron chi connectivity index (χ3n) is 16.5. The maximum absolute atomic E-state index is 13.0. The van der Waals surface area contributed by atoms with Gasteiger partial charge in [0.2, 0.25) is 5.91 Å². The van der Waals surface area contributed by atoms with E-state index in [1.807, 2.05) is 195 Å². The number of amides is 4. The summed E-state index contributed by atoms with van der Waals surface area (Å²) in [6, 6.07) is 74.5. The Kier molecular flexibility index (Phi) is 24.3. The number of nitrogens with one attached hydrogen (secondary N) is 5. The molecule has 0 radical (unpaired) electrons. The van der Waals surface area contributed by atoms with Gasteiger partial charge in [-0.3, -0.25) is 24.6 Å². The Morgan fingerprint density at radius 2 is 0.890 bits per heavy atom. The maximum atomic E-state index is 13.0. The lowest BCUT2D eigenvalue weighted by Gasteiger charge is -2.15. The highest BCUT2D eigenvalue weighted by Gasteiger charge is 2.27. The van der Waals surface area contributed by atoms with E-state index in [1.165, 1.54) is 0 Å². The van der Waals surface area contributed by atoms with E-state index in [0.717, 1.165) is 133 Å². The minimum atomic E-state index is -0.509. The smallest absolute Gasteiger partial charge is 0.265 e. The van der Waals surface area contributed by atoms with Crippen LogP contribution >= 0.6 is 35.3 Å². The van der Waals surface area contributed by atoms with Gasteiger partial charge in [0, 0.05) is 106 Å². The van der Waals surface area contributed by atoms with Crippen molar-refractivity contribution in [3.63, 3.8) is 0 Å². The van der Waals surface area contributed by atoms with Crippen LogP contribution in [0.2, 0.25) is 0 Å². The van der Waals surface area contributed by atoms with E-state index in [-0.39, 0.29) is 31.1 Å². The lowest BCUT2D eigenvalue weighted by atomic mass is 10.0. The van der Waals surface area contributed by atoms with Gasteiger partial charge in [0.1, 0.15) is 23.3 Å². The van der Waals surface area contributed by atoms with Gasteiger partial charge in [0.05, 0.1) is 62.1 Å². The summed E-state index contributed by atoms with van der Waals surface area (Å²) in [6.45, 7) is 4.74. The molecule has 1 fully saturated rings. The predicted octanol–water partition coefficient (Wildman–Crippen LogP) is 16.2. The largest absolute Gasteiger partial charge is 0.497 e. The summed E-state index contributed by atoms with van der Waals surface area (Å²) in [5.41, 5.74) is 19.4. The molecule has 1 atom stereocenters. The molecule has 0 saturated carbocycles. The van der Waals surface area contributed by atoms with Crippen molar-refractivity contribution >= 4 is 93.1 Å². The van der Waals surface area contributed by atoms with E-state index in [1.54, 1.807) is 62.7 Å². The molecule has 10 aromatic rings. The molecule has 4 heterocycles. The van der Waals surface area contributed by atoms with E-state index in [4.69, 9.17) is 33.9 Å². The Balaban J connectivity index is 0.000000151. The van der Waals surface area contributed by atoms with Crippen LogP contribution in [-0.4, -0.2) is 94.4 Å². The number of methoxy groups -OCH3 is 3. The number of fused-ring (bicyclic) bond motifs is 6. The highest BCUT2D eigenvalue weighted by molar-refractivity contribution is 8.00. The van der Waals surface area contributed by atoms with E-state index in [9.17, 15) is 19.2 Å². The number of hydrazine groups is 1. The Bertz CT molecular complexity index is 4660. The van der Waals surface area contributed by atoms with Gasteiger partial charge in [-0.05, 0) is 177 Å². The van der Waals surface area contributed by atoms with Gasteiger partial charge in [-0.1, -0.05) is 128 Å². The summed E-state index contributed by atoms with van der Waals surface area (Å²) in [5.74, 6) is 1.66. The highest BCUT2D eigenvalue weighted by atomic mass is 32.2. The lowest BCUT2D eigenvalue weighted by Crippen LogP contribution is -2.45. The van der Waals surface area contributed by atoms with Gasteiger partial charge in [0.25, 0.3) is 17.7 Å². The molecule has 1 saturated heterocycles. The van der Waals surface area contributed by atoms with Gasteiger partial charge in [0.15, 0.2) is 0 Å². The summed E-state index contributed by atoms with van der Waals surface area (Å²) in [7, 11) is 4.95. The molecule has 5 N–H and O–H groups in total. The molecule has 0 bridgehead atoms. The third kappa shape index (κ3) is 17.5. The van der Waals surface area contributed by atoms with Crippen LogP contribution in [0.3, 0.4) is 0 Å². The van der Waals surface area contributed by atoms with Crippen LogP contribution in [0.1, 0.15) is 104 Å². The van der Waals surface area contributed by atoms with Gasteiger partial charge in [-0.15, -0.1) is 0 Å². The summed E-state index contributed by atoms with van der Waals surface area (Å²) >= 11 is 4.96. The third-order valence-corrected chi connectivity index (χ3v) is 19.9. The number of ether oxygens (including phenoxy) is 4. The summed E-state index contributed by atoms with van der Waals surface area (Å²) in [4.78, 5) is 72.1. The molecule has 0 spiro atoms. The topological polar surface area (TPSA) is 202 Å². The number of hydrogen-bond acceptors (Lipinski definition) is 15. The Morgan fingerprint density at radius 3 is 1.32 bits per heavy atom. The fourth-order valence-corrected chi connectivity index (χ4v) is 14.3. The molecule has 10 aromatic carbocycles. The molecule has 4 amide bonds. The second-order valence-corrected chi connectivity index (χ2v) is 26.2. The lowest BCUT2D eigenvalue weighted by molar-refractivity contribution is -0.122. The molecule has 14 rings (SSSR count). The van der Waals surface area contributed by atoms with Gasteiger partial charge >= 0.3 is 0 Å². The molecule has 506 valence electrons. The summed E-state index contributed by atoms with van der Waals surface area (Å²) in [5, 5.41) is 8.66. The average molecular weight is 1390 g/mol. The Hall–Kier alpha value is -10.5. The summed E-state index contributed by atoms with van der Waals surface area (Å²) < 4.78 is 21.2. The number of rotatable bonds is 17. The normalized spacial score (nSPS) is 13.8. The van der Waals surface area contributed by atoms with Crippen LogP contribution < -0.4 is 41.0 Å². The number of nitrogens with zero attached hydrogens (tertiary/aromatic N) is 3. The zero-order chi connectivity index (χ0) is 68.5. The van der Waals surface area contributed by atoms with Crippen LogP contribution in [-0.2, 0) is 16.1 Å². The van der Waals surface area contributed by atoms with Gasteiger partial charge in [-0.2, -0.15) is 0 Å². The minimum absolute atomic E-state index is 0. The predicted molar refractivity (Wildman–Crippen MR) is 400 cm³/mol. The number of carbonyl (C=O) groups is 4. The van der Waals surface area contributed by atoms with Gasteiger partial charge < -0.3 is 34.9 Å². The molecular formula is C81H76N8O8S3. The first-order valence-electron chi connectivity index (χ1n) is 32.5. The molecule has 0 aliphatic carbocycles. The first-order valence-corrected chi connectivity index (χ1v) is 34.9. The zero-order valence-electron chi connectivity index (χ0n) is 55.0. The van der Waals surface area contributed by atoms with E-state index < -0.39 is 6.04 Å². The molecule has 19 heteroatoms. The molecule has 4 aliphatic rings. The van der Waals surface area contributed by atoms with Crippen LogP contribution in [0.25, 0.3) is 0 Å². The van der Waals surface area contributed by atoms with Crippen molar-refractivity contribution in [2.45, 2.75) is 75.6 Å². The quantitative estimate of drug-likeness (QED) is 0.0427. The first-order chi connectivity index (χ1) is 48.5. The maximum Gasteiger partial charge on any atom is 0.265 e. The number of hydrogen-bond donors (Lipinski definition) is 5. The number of carbonyl (C=O) groups excluding carboxylic acids is 4. The fraction of sp³-hybridized carbons (Fsp3) is 0.173. The van der Waals surface area contributed by atoms with Crippen molar-refractivity contribution in [3.05, 3.63) is 286 Å². The number of aliphatic imine (C=N–C) groups is 3. The van der Waals surface area contributed by atoms with Crippen LogP contribution in [0.5, 0.6) is 17.2 Å². The second-order valence-electron chi connectivity index (χ2n) is 23.0. The van der Waals surface area contributed by atoms with Crippen LogP contribution in [0, 0.1) is 0 Å². The first kappa shape index (κ1) is 70.8. The molecule has 4 aliphatic heterocycles. The Morgan fingerprint density at radius 1 is 0.480 bits per heavy atom. The van der Waals surface area contributed by atoms with E-state index in [0.29, 0.717) is 56.0 Å². The van der Waals surface area contributed by atoms with Gasteiger partial charge in [-0.25, -0.2) is 20.4 Å². The minimum Gasteiger partial charge on any atom is -0.497 e. The summed E-state index contributed by atoms with van der Waals surface area (Å²) in [6.07, 6.45) is 2.48. The number of benzene rings is 10. The SMILES string of the molecule is C.CCOCCNC(=O)c1ccc2c(c1)N=C(c1ccc(OC)cc1)c1ccccc1S2.COc1ccc(C2=Nc3cc(C(=O)NC4CCCCNC4=O)ccc3Sc3ccccc32)cc1.COc1ccc(C2=Nc3cc(C(=O)NNCc4ccccc4)ccc3Sc3ccccc32)cc1. The van der Waals surface area contributed by atoms with E-state index in [2.05, 4.69) is 63.2 Å². The van der Waals surface area contributed by atoms with Crippen molar-refractivity contribution < 1.29 is 38.1 Å². The molecule has 0 aromatic heterocycles. The fourth-order valence-electron chi connectivity index (χ4n) is 11.3. The van der Waals surface area contributed by atoms with Crippen molar-refractivity contribution in [1.29, 1.82) is 0 Å². The van der Waals surface area contributed by atoms with Crippen molar-refractivity contribution in [2.24, 2.45) is 15.0 Å².